The average molecular weight is 396 g/mol. The Morgan fingerprint density at radius 3 is 2.25 bits per heavy atom. The summed E-state index contributed by atoms with van der Waals surface area (Å²) in [6, 6.07) is 8.45. The van der Waals surface area contributed by atoms with Crippen molar-refractivity contribution in [1.29, 1.82) is 0 Å². The standard InChI is InChI=1S/C9H10N.BrH.W/c1-8-4-6-9(7-5-8)10(2)3;;/h4-7H,2-3H3;1H;/q;;+1/p-1. The van der Waals surface area contributed by atoms with Crippen molar-refractivity contribution in [2.75, 3.05) is 19.0 Å². The van der Waals surface area contributed by atoms with Gasteiger partial charge < -0.3 is 0 Å². The Bertz CT molecular complexity index is 308. The van der Waals surface area contributed by atoms with Crippen LogP contribution in [-0.2, 0) is 15.8 Å². The predicted octanol–water partition coefficient (Wildman–Crippen LogP) is 2.45. The summed E-state index contributed by atoms with van der Waals surface area (Å²) in [5.74, 6) is 0. The Kier molecular flexibility index (Phi) is 4.07. The molecule has 1 aromatic rings. The van der Waals surface area contributed by atoms with E-state index in [0.29, 0.717) is 0 Å². The zero-order chi connectivity index (χ0) is 8.97. The number of nitrogens with zero attached hydrogens (tertiary/aromatic N) is 1. The van der Waals surface area contributed by atoms with Crippen LogP contribution in [0.2, 0.25) is 0 Å². The summed E-state index contributed by atoms with van der Waals surface area (Å²) in [5, 5.41) is 0. The maximum atomic E-state index is 3.48. The molecular weight excluding hydrogens is 386 g/mol. The molecule has 0 aromatic heterocycles. The minimum atomic E-state index is -0.478. The van der Waals surface area contributed by atoms with E-state index in [0.717, 1.165) is 0 Å². The van der Waals surface area contributed by atoms with Crippen molar-refractivity contribution >= 4 is 19.0 Å². The molecule has 1 aromatic carbocycles. The summed E-state index contributed by atoms with van der Waals surface area (Å²) in [5.41, 5.74) is 2.45. The molecular formula is C9H10BrNW. The molecule has 1 rings (SSSR count). The summed E-state index contributed by atoms with van der Waals surface area (Å²) in [4.78, 5) is 2.09. The van der Waals surface area contributed by atoms with Crippen molar-refractivity contribution < 1.29 is 15.8 Å². The third-order valence-corrected chi connectivity index (χ3v) is 3.99. The molecule has 64 valence electrons. The van der Waals surface area contributed by atoms with Gasteiger partial charge in [-0.15, -0.1) is 0 Å². The van der Waals surface area contributed by atoms with Gasteiger partial charge in [-0.25, -0.2) is 0 Å². The molecule has 0 saturated carbocycles. The van der Waals surface area contributed by atoms with Crippen molar-refractivity contribution in [3.05, 3.63) is 29.8 Å². The van der Waals surface area contributed by atoms with Gasteiger partial charge in [0.25, 0.3) is 0 Å². The molecule has 0 spiro atoms. The Morgan fingerprint density at radius 2 is 1.83 bits per heavy atom. The minimum absolute atomic E-state index is 0.478. The number of rotatable bonds is 1. The van der Waals surface area contributed by atoms with Crippen molar-refractivity contribution in [1.82, 2.24) is 0 Å². The summed E-state index contributed by atoms with van der Waals surface area (Å²) < 4.78 is 3.34. The van der Waals surface area contributed by atoms with Crippen LogP contribution in [0.1, 0.15) is 5.56 Å². The predicted molar refractivity (Wildman–Crippen MR) is 52.7 cm³/mol. The van der Waals surface area contributed by atoms with Gasteiger partial charge in [0, 0.05) is 0 Å². The zero-order valence-electron chi connectivity index (χ0n) is 7.04. The molecule has 1 nitrogen and oxygen atoms in total. The molecule has 0 aliphatic carbocycles. The van der Waals surface area contributed by atoms with Gasteiger partial charge in [-0.05, 0) is 0 Å². The van der Waals surface area contributed by atoms with Crippen LogP contribution >= 0.6 is 13.3 Å². The average Bonchev–Trinajstić information content (AvgIpc) is 2.06. The summed E-state index contributed by atoms with van der Waals surface area (Å²) in [7, 11) is 4.09. The van der Waals surface area contributed by atoms with Gasteiger partial charge in [0.1, 0.15) is 0 Å². The monoisotopic (exact) mass is 395 g/mol. The van der Waals surface area contributed by atoms with E-state index in [4.69, 9.17) is 0 Å². The normalized spacial score (nSPS) is 8.92. The van der Waals surface area contributed by atoms with Crippen LogP contribution in [0.15, 0.2) is 24.3 Å². The molecule has 0 amide bonds. The molecule has 0 fully saturated rings. The van der Waals surface area contributed by atoms with E-state index in [1.807, 2.05) is 14.1 Å². The van der Waals surface area contributed by atoms with Crippen molar-refractivity contribution in [2.45, 2.75) is 0 Å². The third-order valence-electron chi connectivity index (χ3n) is 1.54. The van der Waals surface area contributed by atoms with Crippen molar-refractivity contribution in [2.24, 2.45) is 0 Å². The number of anilines is 1. The van der Waals surface area contributed by atoms with E-state index < -0.39 is 15.8 Å². The van der Waals surface area contributed by atoms with E-state index in [-0.39, 0.29) is 0 Å². The first-order valence-electron chi connectivity index (χ1n) is 3.55. The molecule has 0 bridgehead atoms. The van der Waals surface area contributed by atoms with Crippen LogP contribution in [0.5, 0.6) is 0 Å². The molecule has 3 heteroatoms. The third kappa shape index (κ3) is 2.78. The van der Waals surface area contributed by atoms with Crippen LogP contribution < -0.4 is 4.90 Å². The summed E-state index contributed by atoms with van der Waals surface area (Å²) >= 11 is 3.00. The fraction of sp³-hybridized carbons (Fsp3) is 0.222. The van der Waals surface area contributed by atoms with Crippen LogP contribution in [0.4, 0.5) is 5.69 Å². The number of hydrogen-bond donors (Lipinski definition) is 0. The maximum absolute atomic E-state index is 3.48. The summed E-state index contributed by atoms with van der Waals surface area (Å²) in [6.45, 7) is 0. The van der Waals surface area contributed by atoms with E-state index in [1.165, 1.54) is 11.3 Å². The topological polar surface area (TPSA) is 3.24 Å². The zero-order valence-corrected chi connectivity index (χ0v) is 11.6. The number of benzene rings is 1. The van der Waals surface area contributed by atoms with E-state index in [2.05, 4.69) is 46.7 Å². The van der Waals surface area contributed by atoms with Gasteiger partial charge in [0.2, 0.25) is 0 Å². The molecule has 12 heavy (non-hydrogen) atoms. The Morgan fingerprint density at radius 1 is 1.25 bits per heavy atom. The number of halogens is 1. The molecule has 0 saturated heterocycles. The van der Waals surface area contributed by atoms with Gasteiger partial charge in [-0.2, -0.15) is 0 Å². The molecule has 0 unspecified atom stereocenters. The second-order valence-corrected chi connectivity index (χ2v) is 6.56. The second-order valence-electron chi connectivity index (χ2n) is 2.62. The van der Waals surface area contributed by atoms with Crippen molar-refractivity contribution in [3.63, 3.8) is 0 Å². The molecule has 0 heterocycles. The molecule has 0 atom stereocenters. The molecule has 0 N–H and O–H groups in total. The van der Waals surface area contributed by atoms with Gasteiger partial charge in [-0.1, -0.05) is 0 Å². The van der Waals surface area contributed by atoms with E-state index in [9.17, 15) is 0 Å². The number of hydrogen-bond acceptors (Lipinski definition) is 1. The van der Waals surface area contributed by atoms with Gasteiger partial charge in [-0.3, -0.25) is 0 Å². The molecule has 0 aliphatic heterocycles. The Balaban J connectivity index is 2.90. The van der Waals surface area contributed by atoms with Gasteiger partial charge in [0.15, 0.2) is 0 Å². The molecule has 0 radical (unpaired) electrons. The second kappa shape index (κ2) is 4.86. The van der Waals surface area contributed by atoms with Gasteiger partial charge in [0.05, 0.1) is 0 Å². The first-order valence-corrected chi connectivity index (χ1v) is 11.4. The summed E-state index contributed by atoms with van der Waals surface area (Å²) in [6.07, 6.45) is 0. The Hall–Kier alpha value is -0.0317. The first kappa shape index (κ1) is 10.1. The first-order chi connectivity index (χ1) is 5.74. The Labute approximate surface area is 87.6 Å². The fourth-order valence-corrected chi connectivity index (χ4v) is 3.21. The fourth-order valence-electron chi connectivity index (χ4n) is 0.872. The van der Waals surface area contributed by atoms with Crippen molar-refractivity contribution in [3.8, 4) is 4.20 Å². The van der Waals surface area contributed by atoms with Crippen LogP contribution in [0, 0.1) is 4.20 Å². The van der Waals surface area contributed by atoms with Crippen LogP contribution in [0.3, 0.4) is 0 Å². The SMILES string of the molecule is CN(C)c1ccc([C]#[W][Br])cc1. The van der Waals surface area contributed by atoms with E-state index >= 15 is 0 Å². The van der Waals surface area contributed by atoms with Crippen LogP contribution in [-0.4, -0.2) is 14.1 Å². The molecule has 0 aliphatic rings. The quantitative estimate of drug-likeness (QED) is 0.706. The van der Waals surface area contributed by atoms with Gasteiger partial charge >= 0.3 is 87.9 Å². The van der Waals surface area contributed by atoms with Crippen LogP contribution in [0.25, 0.3) is 0 Å². The van der Waals surface area contributed by atoms with E-state index in [1.54, 1.807) is 0 Å².